The Kier molecular flexibility index (Phi) is 3.35. The van der Waals surface area contributed by atoms with Crippen molar-refractivity contribution in [1.29, 1.82) is 0 Å². The van der Waals surface area contributed by atoms with Gasteiger partial charge >= 0.3 is 16.2 Å². The van der Waals surface area contributed by atoms with Crippen LogP contribution < -0.4 is 4.31 Å². The number of anilines is 1. The summed E-state index contributed by atoms with van der Waals surface area (Å²) in [6.07, 6.45) is 0. The number of carboxylic acid groups (broad SMARTS) is 1. The summed E-state index contributed by atoms with van der Waals surface area (Å²) < 4.78 is 26.8. The second kappa shape index (κ2) is 4.52. The maximum absolute atomic E-state index is 12.1. The summed E-state index contributed by atoms with van der Waals surface area (Å²) in [6.45, 7) is -0.0704. The number of hydrogen-bond acceptors (Lipinski definition) is 3. The summed E-state index contributed by atoms with van der Waals surface area (Å²) in [5.74, 6) is -1.17. The molecule has 98 valence electrons. The van der Waals surface area contributed by atoms with E-state index in [9.17, 15) is 13.2 Å². The first-order valence-corrected chi connectivity index (χ1v) is 7.27. The molecule has 1 unspecified atom stereocenters. The van der Waals surface area contributed by atoms with Crippen molar-refractivity contribution < 1.29 is 18.3 Å². The van der Waals surface area contributed by atoms with Gasteiger partial charge in [-0.15, -0.1) is 0 Å². The molecule has 2 rings (SSSR count). The van der Waals surface area contributed by atoms with E-state index in [1.807, 2.05) is 0 Å². The van der Waals surface area contributed by atoms with E-state index in [0.717, 1.165) is 8.61 Å². The molecule has 1 heterocycles. The van der Waals surface area contributed by atoms with Gasteiger partial charge in [0.05, 0.1) is 5.69 Å². The first kappa shape index (κ1) is 13.3. The molecule has 6 nitrogen and oxygen atoms in total. The van der Waals surface area contributed by atoms with Crippen LogP contribution in [0, 0.1) is 0 Å². The molecule has 1 aromatic rings. The minimum Gasteiger partial charge on any atom is -0.480 e. The zero-order valence-electron chi connectivity index (χ0n) is 9.45. The third-order valence-electron chi connectivity index (χ3n) is 2.73. The average Bonchev–Trinajstić information content (AvgIpc) is 2.52. The van der Waals surface area contributed by atoms with Crippen molar-refractivity contribution in [2.24, 2.45) is 0 Å². The van der Waals surface area contributed by atoms with E-state index in [2.05, 4.69) is 15.9 Å². The van der Waals surface area contributed by atoms with Gasteiger partial charge in [0, 0.05) is 18.1 Å². The van der Waals surface area contributed by atoms with Crippen LogP contribution >= 0.6 is 15.9 Å². The van der Waals surface area contributed by atoms with Crippen molar-refractivity contribution in [3.8, 4) is 0 Å². The third kappa shape index (κ3) is 2.00. The minimum absolute atomic E-state index is 0.0704. The Labute approximate surface area is 113 Å². The van der Waals surface area contributed by atoms with Crippen LogP contribution in [0.5, 0.6) is 0 Å². The molecular weight excluding hydrogens is 324 g/mol. The van der Waals surface area contributed by atoms with Crippen molar-refractivity contribution in [2.45, 2.75) is 6.04 Å². The van der Waals surface area contributed by atoms with Crippen LogP contribution in [-0.2, 0) is 15.0 Å². The Balaban J connectivity index is 2.58. The number of likely N-dealkylation sites (N-methyl/N-ethyl adjacent to an activating group) is 1. The van der Waals surface area contributed by atoms with Gasteiger partial charge in [-0.05, 0) is 28.1 Å². The number of benzene rings is 1. The molecule has 0 aromatic heterocycles. The molecule has 0 amide bonds. The lowest BCUT2D eigenvalue weighted by Crippen LogP contribution is -2.40. The molecule has 0 radical (unpaired) electrons. The van der Waals surface area contributed by atoms with Gasteiger partial charge in [-0.2, -0.15) is 12.7 Å². The largest absolute Gasteiger partial charge is 0.480 e. The monoisotopic (exact) mass is 334 g/mol. The topological polar surface area (TPSA) is 77.9 Å². The van der Waals surface area contributed by atoms with Crippen LogP contribution in [0.3, 0.4) is 0 Å². The van der Waals surface area contributed by atoms with Crippen molar-refractivity contribution in [1.82, 2.24) is 4.31 Å². The van der Waals surface area contributed by atoms with Crippen LogP contribution in [0.4, 0.5) is 5.69 Å². The summed E-state index contributed by atoms with van der Waals surface area (Å²) in [7, 11) is -2.42. The maximum Gasteiger partial charge on any atom is 0.328 e. The molecule has 1 fully saturated rings. The quantitative estimate of drug-likeness (QED) is 0.871. The lowest BCUT2D eigenvalue weighted by Gasteiger charge is -2.22. The Morgan fingerprint density at radius 1 is 1.44 bits per heavy atom. The van der Waals surface area contributed by atoms with Crippen LogP contribution in [0.2, 0.25) is 0 Å². The predicted octanol–water partition coefficient (Wildman–Crippen LogP) is 0.899. The number of hydrogen-bond donors (Lipinski definition) is 1. The van der Waals surface area contributed by atoms with Crippen molar-refractivity contribution >= 4 is 37.8 Å². The predicted molar refractivity (Wildman–Crippen MR) is 69.6 cm³/mol. The molecule has 1 aliphatic rings. The number of nitrogens with zero attached hydrogens (tertiary/aromatic N) is 2. The van der Waals surface area contributed by atoms with Gasteiger partial charge in [0.25, 0.3) is 0 Å². The molecule has 1 N–H and O–H groups in total. The second-order valence-electron chi connectivity index (χ2n) is 3.89. The zero-order chi connectivity index (χ0) is 13.5. The molecule has 1 aromatic carbocycles. The van der Waals surface area contributed by atoms with Gasteiger partial charge < -0.3 is 5.11 Å². The molecule has 0 saturated carbocycles. The lowest BCUT2D eigenvalue weighted by molar-refractivity contribution is -0.138. The van der Waals surface area contributed by atoms with E-state index in [1.165, 1.54) is 7.05 Å². The van der Waals surface area contributed by atoms with Gasteiger partial charge in [-0.3, -0.25) is 0 Å². The van der Waals surface area contributed by atoms with Gasteiger partial charge in [-0.1, -0.05) is 12.1 Å². The molecule has 1 aliphatic heterocycles. The highest BCUT2D eigenvalue weighted by Crippen LogP contribution is 2.34. The van der Waals surface area contributed by atoms with Gasteiger partial charge in [-0.25, -0.2) is 9.10 Å². The summed E-state index contributed by atoms with van der Waals surface area (Å²) in [5.41, 5.74) is 0.328. The van der Waals surface area contributed by atoms with Gasteiger partial charge in [0.2, 0.25) is 0 Å². The van der Waals surface area contributed by atoms with Gasteiger partial charge in [0.15, 0.2) is 6.04 Å². The molecule has 8 heteroatoms. The minimum atomic E-state index is -3.78. The Hall–Kier alpha value is -1.12. The first-order chi connectivity index (χ1) is 8.35. The number of halogens is 1. The van der Waals surface area contributed by atoms with Crippen molar-refractivity contribution in [3.05, 3.63) is 28.7 Å². The second-order valence-corrected chi connectivity index (χ2v) is 6.66. The van der Waals surface area contributed by atoms with Crippen molar-refractivity contribution in [2.75, 3.05) is 17.9 Å². The van der Waals surface area contributed by atoms with Gasteiger partial charge in [0.1, 0.15) is 0 Å². The van der Waals surface area contributed by atoms with Crippen LogP contribution in [0.15, 0.2) is 28.7 Å². The summed E-state index contributed by atoms with van der Waals surface area (Å²) in [6, 6.07) is 5.51. The van der Waals surface area contributed by atoms with Crippen molar-refractivity contribution in [3.63, 3.8) is 0 Å². The number of para-hydroxylation sites is 1. The van der Waals surface area contributed by atoms with E-state index < -0.39 is 22.2 Å². The average molecular weight is 335 g/mol. The Bertz CT molecular complexity index is 589. The first-order valence-electron chi connectivity index (χ1n) is 5.08. The highest BCUT2D eigenvalue weighted by atomic mass is 79.9. The highest BCUT2D eigenvalue weighted by Gasteiger charge is 2.46. The van der Waals surface area contributed by atoms with E-state index in [4.69, 9.17) is 5.11 Å². The molecule has 0 bridgehead atoms. The van der Waals surface area contributed by atoms with Crippen LogP contribution in [0.25, 0.3) is 0 Å². The highest BCUT2D eigenvalue weighted by molar-refractivity contribution is 9.10. The van der Waals surface area contributed by atoms with Crippen LogP contribution in [-0.4, -0.2) is 43.4 Å². The normalized spacial score (nSPS) is 23.2. The van der Waals surface area contributed by atoms with Crippen LogP contribution in [0.1, 0.15) is 0 Å². The smallest absolute Gasteiger partial charge is 0.328 e. The number of rotatable bonds is 2. The van der Waals surface area contributed by atoms with E-state index in [1.54, 1.807) is 24.3 Å². The fourth-order valence-corrected chi connectivity index (χ4v) is 3.93. The Morgan fingerprint density at radius 3 is 2.61 bits per heavy atom. The molecule has 1 atom stereocenters. The summed E-state index contributed by atoms with van der Waals surface area (Å²) in [5, 5.41) is 9.14. The van der Waals surface area contributed by atoms with E-state index in [0.29, 0.717) is 10.2 Å². The fraction of sp³-hybridized carbons (Fsp3) is 0.300. The third-order valence-corrected chi connectivity index (χ3v) is 5.29. The van der Waals surface area contributed by atoms with E-state index >= 15 is 0 Å². The molecule has 0 spiro atoms. The van der Waals surface area contributed by atoms with E-state index in [-0.39, 0.29) is 6.54 Å². The standard InChI is InChI=1S/C10H11BrN2O4S/c1-12-6-9(10(14)15)13(18(12,16)17)8-5-3-2-4-7(8)11/h2-5,9H,6H2,1H3,(H,14,15). The lowest BCUT2D eigenvalue weighted by atomic mass is 10.2. The number of carbonyl (C=O) groups is 1. The zero-order valence-corrected chi connectivity index (χ0v) is 11.8. The SMILES string of the molecule is CN1CC(C(=O)O)N(c2ccccc2Br)S1(=O)=O. The summed E-state index contributed by atoms with van der Waals surface area (Å²) >= 11 is 3.24. The maximum atomic E-state index is 12.1. The molecular formula is C10H11BrN2O4S. The molecule has 1 saturated heterocycles. The molecule has 0 aliphatic carbocycles. The number of aliphatic carboxylic acids is 1. The number of carboxylic acids is 1. The molecule has 18 heavy (non-hydrogen) atoms. The Morgan fingerprint density at radius 2 is 2.06 bits per heavy atom. The summed E-state index contributed by atoms with van der Waals surface area (Å²) in [4.78, 5) is 11.2. The fourth-order valence-electron chi connectivity index (χ4n) is 1.82.